The number of carboxylic acid groups (broad SMARTS) is 1. The van der Waals surface area contributed by atoms with Crippen molar-refractivity contribution < 1.29 is 9.90 Å². The van der Waals surface area contributed by atoms with Gasteiger partial charge in [-0.15, -0.1) is 0 Å². The van der Waals surface area contributed by atoms with E-state index in [1.54, 1.807) is 16.9 Å². The summed E-state index contributed by atoms with van der Waals surface area (Å²) in [5.74, 6) is -0.985. The molecule has 0 unspecified atom stereocenters. The first-order chi connectivity index (χ1) is 8.99. The van der Waals surface area contributed by atoms with Crippen LogP contribution in [0, 0.1) is 6.92 Å². The first kappa shape index (κ1) is 12.9. The van der Waals surface area contributed by atoms with Gasteiger partial charge >= 0.3 is 5.97 Å². The average molecular weight is 260 g/mol. The molecule has 0 bridgehead atoms. The van der Waals surface area contributed by atoms with Crippen molar-refractivity contribution in [1.29, 1.82) is 0 Å². The summed E-state index contributed by atoms with van der Waals surface area (Å²) >= 11 is 0. The zero-order chi connectivity index (χ0) is 14.0. The number of aryl methyl sites for hydroxylation is 1. The molecule has 4 N–H and O–H groups in total. The fraction of sp³-hybridized carbons (Fsp3) is 0.231. The summed E-state index contributed by atoms with van der Waals surface area (Å²) in [5, 5.41) is 16.2. The van der Waals surface area contributed by atoms with Gasteiger partial charge in [0.05, 0.1) is 23.1 Å². The number of aromatic nitrogens is 2. The van der Waals surface area contributed by atoms with Crippen LogP contribution in [0.3, 0.4) is 0 Å². The Morgan fingerprint density at radius 3 is 2.79 bits per heavy atom. The van der Waals surface area contributed by atoms with Crippen LogP contribution in [0.25, 0.3) is 0 Å². The monoisotopic (exact) mass is 260 g/mol. The van der Waals surface area contributed by atoms with Crippen molar-refractivity contribution in [3.63, 3.8) is 0 Å². The topological polar surface area (TPSA) is 93.2 Å². The highest BCUT2D eigenvalue weighted by Crippen LogP contribution is 2.21. The van der Waals surface area contributed by atoms with Gasteiger partial charge in [-0.25, -0.2) is 4.79 Å². The number of hydrogen-bond donors (Lipinski definition) is 3. The van der Waals surface area contributed by atoms with Crippen LogP contribution in [0.5, 0.6) is 0 Å². The van der Waals surface area contributed by atoms with Crippen LogP contribution in [0.4, 0.5) is 11.4 Å². The number of carbonyl (C=O) groups is 1. The molecule has 1 aromatic heterocycles. The normalized spacial score (nSPS) is 10.4. The third-order valence-electron chi connectivity index (χ3n) is 3.10. The van der Waals surface area contributed by atoms with E-state index in [4.69, 9.17) is 10.8 Å². The molecule has 19 heavy (non-hydrogen) atoms. The number of anilines is 2. The Morgan fingerprint density at radius 2 is 2.26 bits per heavy atom. The van der Waals surface area contributed by atoms with E-state index < -0.39 is 5.97 Å². The van der Waals surface area contributed by atoms with Crippen LogP contribution in [0.1, 0.15) is 21.6 Å². The summed E-state index contributed by atoms with van der Waals surface area (Å²) in [6, 6.07) is 4.64. The van der Waals surface area contributed by atoms with Crippen LogP contribution in [-0.2, 0) is 13.6 Å². The Morgan fingerprint density at radius 1 is 1.53 bits per heavy atom. The van der Waals surface area contributed by atoms with Gasteiger partial charge in [0.1, 0.15) is 0 Å². The Labute approximate surface area is 110 Å². The van der Waals surface area contributed by atoms with Crippen LogP contribution < -0.4 is 11.1 Å². The zero-order valence-corrected chi connectivity index (χ0v) is 10.8. The highest BCUT2D eigenvalue weighted by Gasteiger charge is 2.07. The number of nitrogens with one attached hydrogen (secondary N) is 1. The fourth-order valence-electron chi connectivity index (χ4n) is 1.76. The maximum absolute atomic E-state index is 10.8. The molecule has 0 fully saturated rings. The van der Waals surface area contributed by atoms with Crippen LogP contribution in [-0.4, -0.2) is 20.9 Å². The second-order valence-electron chi connectivity index (χ2n) is 4.34. The van der Waals surface area contributed by atoms with Crippen molar-refractivity contribution in [2.75, 3.05) is 11.1 Å². The number of aromatic carboxylic acids is 1. The van der Waals surface area contributed by atoms with Gasteiger partial charge in [0.25, 0.3) is 0 Å². The molecule has 0 amide bonds. The summed E-state index contributed by atoms with van der Waals surface area (Å²) in [7, 11) is 1.88. The molecule has 0 atom stereocenters. The molecule has 1 heterocycles. The number of hydrogen-bond acceptors (Lipinski definition) is 4. The predicted molar refractivity (Wildman–Crippen MR) is 73.1 cm³/mol. The van der Waals surface area contributed by atoms with Crippen molar-refractivity contribution in [2.45, 2.75) is 13.5 Å². The summed E-state index contributed by atoms with van der Waals surface area (Å²) in [6.45, 7) is 2.58. The first-order valence-electron chi connectivity index (χ1n) is 5.83. The lowest BCUT2D eigenvalue weighted by Gasteiger charge is -2.09. The van der Waals surface area contributed by atoms with Gasteiger partial charge in [-0.05, 0) is 25.1 Å². The molecule has 0 aliphatic rings. The Kier molecular flexibility index (Phi) is 3.41. The van der Waals surface area contributed by atoms with Crippen LogP contribution >= 0.6 is 0 Å². The van der Waals surface area contributed by atoms with Gasteiger partial charge in [-0.3, -0.25) is 4.68 Å². The summed E-state index contributed by atoms with van der Waals surface area (Å²) in [4.78, 5) is 10.8. The molecule has 0 radical (unpaired) electrons. The van der Waals surface area contributed by atoms with E-state index in [2.05, 4.69) is 10.4 Å². The molecule has 2 aromatic rings. The smallest absolute Gasteiger partial charge is 0.335 e. The Hall–Kier alpha value is -2.50. The number of carboxylic acids is 1. The third-order valence-corrected chi connectivity index (χ3v) is 3.10. The highest BCUT2D eigenvalue weighted by atomic mass is 16.4. The zero-order valence-electron chi connectivity index (χ0n) is 10.8. The second kappa shape index (κ2) is 5.01. The quantitative estimate of drug-likeness (QED) is 0.726. The predicted octanol–water partition coefficient (Wildman–Crippen LogP) is 1.62. The van der Waals surface area contributed by atoms with E-state index in [1.807, 2.05) is 14.0 Å². The molecule has 6 heteroatoms. The van der Waals surface area contributed by atoms with Crippen molar-refractivity contribution in [3.05, 3.63) is 41.2 Å². The summed E-state index contributed by atoms with van der Waals surface area (Å²) in [5.41, 5.74) is 9.29. The Balaban J connectivity index is 2.12. The maximum Gasteiger partial charge on any atom is 0.335 e. The average Bonchev–Trinajstić information content (AvgIpc) is 2.68. The number of nitrogens with two attached hydrogens (primary N) is 1. The van der Waals surface area contributed by atoms with E-state index in [0.717, 1.165) is 11.3 Å². The number of rotatable bonds is 4. The van der Waals surface area contributed by atoms with Crippen molar-refractivity contribution >= 4 is 17.3 Å². The summed E-state index contributed by atoms with van der Waals surface area (Å²) in [6.07, 6.45) is 1.80. The van der Waals surface area contributed by atoms with E-state index in [-0.39, 0.29) is 5.56 Å². The lowest BCUT2D eigenvalue weighted by atomic mass is 10.1. The lowest BCUT2D eigenvalue weighted by Crippen LogP contribution is -2.05. The second-order valence-corrected chi connectivity index (χ2v) is 4.34. The standard InChI is InChI=1S/C13H16N4O2/c1-8-10(7-16-17(8)2)6-15-12-4-3-9(13(18)19)5-11(12)14/h3-5,7,15H,6,14H2,1-2H3,(H,18,19). The third kappa shape index (κ3) is 2.67. The first-order valence-corrected chi connectivity index (χ1v) is 5.83. The molecule has 0 aliphatic heterocycles. The number of benzene rings is 1. The molecule has 0 aliphatic carbocycles. The van der Waals surface area contributed by atoms with E-state index in [0.29, 0.717) is 17.9 Å². The van der Waals surface area contributed by atoms with Crippen molar-refractivity contribution in [2.24, 2.45) is 7.05 Å². The van der Waals surface area contributed by atoms with Crippen molar-refractivity contribution in [1.82, 2.24) is 9.78 Å². The van der Waals surface area contributed by atoms with Gasteiger partial charge in [0, 0.05) is 24.8 Å². The Bertz CT molecular complexity index is 619. The minimum atomic E-state index is -0.985. The minimum absolute atomic E-state index is 0.181. The molecule has 0 spiro atoms. The molecular formula is C13H16N4O2. The SMILES string of the molecule is Cc1c(CNc2ccc(C(=O)O)cc2N)cnn1C. The highest BCUT2D eigenvalue weighted by molar-refractivity contribution is 5.90. The molecular weight excluding hydrogens is 244 g/mol. The molecule has 0 saturated heterocycles. The van der Waals surface area contributed by atoms with E-state index in [1.165, 1.54) is 12.1 Å². The van der Waals surface area contributed by atoms with Crippen LogP contribution in [0.2, 0.25) is 0 Å². The minimum Gasteiger partial charge on any atom is -0.478 e. The molecule has 2 rings (SSSR count). The number of nitrogen functional groups attached to an aromatic ring is 1. The van der Waals surface area contributed by atoms with Gasteiger partial charge in [0.2, 0.25) is 0 Å². The van der Waals surface area contributed by atoms with Gasteiger partial charge in [0.15, 0.2) is 0 Å². The fourth-order valence-corrected chi connectivity index (χ4v) is 1.76. The molecule has 1 aromatic carbocycles. The van der Waals surface area contributed by atoms with Gasteiger partial charge in [-0.2, -0.15) is 5.10 Å². The van der Waals surface area contributed by atoms with E-state index in [9.17, 15) is 4.79 Å². The van der Waals surface area contributed by atoms with Crippen molar-refractivity contribution in [3.8, 4) is 0 Å². The maximum atomic E-state index is 10.8. The molecule has 100 valence electrons. The molecule has 6 nitrogen and oxygen atoms in total. The van der Waals surface area contributed by atoms with Gasteiger partial charge < -0.3 is 16.2 Å². The van der Waals surface area contributed by atoms with E-state index >= 15 is 0 Å². The largest absolute Gasteiger partial charge is 0.478 e. The lowest BCUT2D eigenvalue weighted by molar-refractivity contribution is 0.0697. The van der Waals surface area contributed by atoms with Gasteiger partial charge in [-0.1, -0.05) is 0 Å². The summed E-state index contributed by atoms with van der Waals surface area (Å²) < 4.78 is 1.80. The van der Waals surface area contributed by atoms with Crippen LogP contribution in [0.15, 0.2) is 24.4 Å². The molecule has 0 saturated carbocycles. The number of nitrogens with zero attached hydrogens (tertiary/aromatic N) is 2.